The summed E-state index contributed by atoms with van der Waals surface area (Å²) in [7, 11) is 0. The van der Waals surface area contributed by atoms with Crippen LogP contribution >= 0.6 is 11.7 Å². The van der Waals surface area contributed by atoms with Crippen molar-refractivity contribution in [2.45, 2.75) is 13.1 Å². The van der Waals surface area contributed by atoms with Crippen LogP contribution in [-0.4, -0.2) is 13.3 Å². The predicted octanol–water partition coefficient (Wildman–Crippen LogP) is 15.7. The Labute approximate surface area is 359 Å². The van der Waals surface area contributed by atoms with Gasteiger partial charge in [-0.15, -0.1) is 0 Å². The Morgan fingerprint density at radius 3 is 1.87 bits per heavy atom. The van der Waals surface area contributed by atoms with Crippen molar-refractivity contribution in [3.63, 3.8) is 0 Å². The maximum absolute atomic E-state index is 14.3. The Kier molecular flexibility index (Phi) is 8.98. The summed E-state index contributed by atoms with van der Waals surface area (Å²) < 4.78 is 55.1. The molecule has 0 amide bonds. The molecule has 11 rings (SSSR count). The highest BCUT2D eigenvalue weighted by Crippen LogP contribution is 2.47. The summed E-state index contributed by atoms with van der Waals surface area (Å²) in [4.78, 5) is 2.11. The molecule has 0 spiro atoms. The van der Waals surface area contributed by atoms with E-state index in [1.165, 1.54) is 16.8 Å². The molecule has 0 aliphatic rings. The first kappa shape index (κ1) is 37.4. The third kappa shape index (κ3) is 6.30. The number of halogens is 3. The fourth-order valence-corrected chi connectivity index (χ4v) is 9.52. The van der Waals surface area contributed by atoms with Gasteiger partial charge in [0.1, 0.15) is 11.0 Å². The highest BCUT2D eigenvalue weighted by Gasteiger charge is 2.34. The molecular weight excluding hydrogens is 794 g/mol. The molecule has 0 bridgehead atoms. The minimum atomic E-state index is -4.49. The molecule has 8 heteroatoms. The maximum atomic E-state index is 14.3. The van der Waals surface area contributed by atoms with Crippen LogP contribution in [0.4, 0.5) is 30.2 Å². The second-order valence-corrected chi connectivity index (χ2v) is 16.0. The molecule has 0 saturated carbocycles. The molecule has 0 saturated heterocycles. The number of hydrogen-bond donors (Lipinski definition) is 0. The van der Waals surface area contributed by atoms with Crippen LogP contribution in [0.3, 0.4) is 0 Å². The Bertz CT molecular complexity index is 3450. The molecule has 62 heavy (non-hydrogen) atoms. The van der Waals surface area contributed by atoms with E-state index < -0.39 is 11.7 Å². The third-order valence-corrected chi connectivity index (χ3v) is 12.3. The van der Waals surface area contributed by atoms with Crippen molar-refractivity contribution >= 4 is 72.4 Å². The van der Waals surface area contributed by atoms with Crippen LogP contribution in [0.1, 0.15) is 11.1 Å². The van der Waals surface area contributed by atoms with E-state index in [0.29, 0.717) is 11.1 Å². The topological polar surface area (TPSA) is 34.0 Å². The molecule has 2 aromatic heterocycles. The lowest BCUT2D eigenvalue weighted by molar-refractivity contribution is -0.137. The third-order valence-electron chi connectivity index (χ3n) is 11.8. The van der Waals surface area contributed by atoms with Gasteiger partial charge in [-0.1, -0.05) is 133 Å². The fourth-order valence-electron chi connectivity index (χ4n) is 8.95. The fraction of sp³-hybridized carbons (Fsp3) is 0.0370. The van der Waals surface area contributed by atoms with Crippen LogP contribution in [0.2, 0.25) is 0 Å². The van der Waals surface area contributed by atoms with E-state index in [2.05, 4.69) is 137 Å². The number of aromatic nitrogens is 3. The van der Waals surface area contributed by atoms with Gasteiger partial charge in [0.15, 0.2) is 0 Å². The van der Waals surface area contributed by atoms with Crippen molar-refractivity contribution < 1.29 is 13.2 Å². The Balaban J connectivity index is 1.11. The van der Waals surface area contributed by atoms with E-state index in [1.807, 2.05) is 36.4 Å². The first-order chi connectivity index (χ1) is 30.3. The monoisotopic (exact) mass is 828 g/mol. The van der Waals surface area contributed by atoms with Gasteiger partial charge in [-0.05, 0) is 112 Å². The number of benzene rings is 9. The van der Waals surface area contributed by atoms with Crippen LogP contribution in [0.25, 0.3) is 82.7 Å². The molecule has 0 fully saturated rings. The Morgan fingerprint density at radius 1 is 0.500 bits per heavy atom. The van der Waals surface area contributed by atoms with Gasteiger partial charge < -0.3 is 9.47 Å². The van der Waals surface area contributed by atoms with Crippen molar-refractivity contribution in [1.82, 2.24) is 13.3 Å². The first-order valence-electron chi connectivity index (χ1n) is 20.3. The standard InChI is InChI=1S/C54H35F3N4S/c1-34-19-29-42(46(33-34)54(55,56)57)38-22-27-41(28-23-38)60(40-25-20-36(21-26-40)35-11-4-2-5-12-35)49-32-30-45(52-53(49)59-62-58-52)44-17-10-18-47-51(44)50-43-16-9-8-13-37(43)24-31-48(50)61(47)39-14-6-3-7-15-39/h2-33H,1H3. The number of aryl methyl sites for hydroxylation is 1. The average Bonchev–Trinajstić information content (AvgIpc) is 3.94. The molecule has 9 aromatic carbocycles. The number of para-hydroxylation sites is 1. The smallest absolute Gasteiger partial charge is 0.309 e. The van der Waals surface area contributed by atoms with Gasteiger partial charge in [-0.25, -0.2) is 0 Å². The van der Waals surface area contributed by atoms with E-state index in [0.717, 1.165) is 89.6 Å². The van der Waals surface area contributed by atoms with Gasteiger partial charge in [0, 0.05) is 33.4 Å². The van der Waals surface area contributed by atoms with E-state index in [1.54, 1.807) is 31.2 Å². The van der Waals surface area contributed by atoms with Crippen molar-refractivity contribution in [1.29, 1.82) is 0 Å². The minimum Gasteiger partial charge on any atom is -0.309 e. The zero-order valence-corrected chi connectivity index (χ0v) is 34.1. The summed E-state index contributed by atoms with van der Waals surface area (Å²) in [6.45, 7) is 1.67. The lowest BCUT2D eigenvalue weighted by Crippen LogP contribution is -2.11. The molecule has 0 N–H and O–H groups in total. The number of alkyl halides is 3. The van der Waals surface area contributed by atoms with Crippen LogP contribution in [-0.2, 0) is 6.18 Å². The van der Waals surface area contributed by atoms with Gasteiger partial charge in [-0.3, -0.25) is 0 Å². The van der Waals surface area contributed by atoms with Crippen molar-refractivity contribution in [3.05, 3.63) is 205 Å². The molecule has 4 nitrogen and oxygen atoms in total. The van der Waals surface area contributed by atoms with Gasteiger partial charge in [0.25, 0.3) is 0 Å². The number of rotatable bonds is 7. The van der Waals surface area contributed by atoms with Gasteiger partial charge in [0.05, 0.1) is 34.0 Å². The number of fused-ring (bicyclic) bond motifs is 6. The largest absolute Gasteiger partial charge is 0.417 e. The lowest BCUT2D eigenvalue weighted by atomic mass is 9.95. The molecule has 2 heterocycles. The van der Waals surface area contributed by atoms with Crippen LogP contribution in [0.15, 0.2) is 194 Å². The molecule has 0 aliphatic heterocycles. The summed E-state index contributed by atoms with van der Waals surface area (Å²) in [5.74, 6) is 0. The lowest BCUT2D eigenvalue weighted by Gasteiger charge is -2.26. The van der Waals surface area contributed by atoms with Crippen molar-refractivity contribution in [3.8, 4) is 39.1 Å². The van der Waals surface area contributed by atoms with E-state index >= 15 is 0 Å². The second kappa shape index (κ2) is 14.9. The van der Waals surface area contributed by atoms with Crippen molar-refractivity contribution in [2.75, 3.05) is 4.90 Å². The Morgan fingerprint density at radius 2 is 1.13 bits per heavy atom. The van der Waals surface area contributed by atoms with E-state index in [-0.39, 0.29) is 5.56 Å². The molecular formula is C54H35F3N4S. The highest BCUT2D eigenvalue weighted by atomic mass is 32.1. The van der Waals surface area contributed by atoms with Gasteiger partial charge >= 0.3 is 6.18 Å². The molecule has 0 atom stereocenters. The van der Waals surface area contributed by atoms with E-state index in [9.17, 15) is 13.2 Å². The molecule has 0 aliphatic carbocycles. The first-order valence-corrected chi connectivity index (χ1v) is 21.0. The highest BCUT2D eigenvalue weighted by molar-refractivity contribution is 7.00. The quantitative estimate of drug-likeness (QED) is 0.160. The SMILES string of the molecule is Cc1ccc(-c2ccc(N(c3ccc(-c4ccccc4)cc3)c3ccc(-c4cccc5c4c4c6ccccc6ccc4n5-c4ccccc4)c4nsnc34)cc2)c(C(F)(F)F)c1. The number of hydrogen-bond acceptors (Lipinski definition) is 4. The molecule has 11 aromatic rings. The van der Waals surface area contributed by atoms with Crippen LogP contribution in [0, 0.1) is 6.92 Å². The zero-order valence-electron chi connectivity index (χ0n) is 33.3. The summed E-state index contributed by atoms with van der Waals surface area (Å²) in [6, 6.07) is 64.3. The number of anilines is 3. The van der Waals surface area contributed by atoms with Crippen LogP contribution < -0.4 is 4.90 Å². The normalized spacial score (nSPS) is 11.9. The molecule has 0 radical (unpaired) electrons. The number of nitrogens with zero attached hydrogens (tertiary/aromatic N) is 4. The van der Waals surface area contributed by atoms with Crippen LogP contribution in [0.5, 0.6) is 0 Å². The second-order valence-electron chi connectivity index (χ2n) is 15.5. The molecule has 0 unspecified atom stereocenters. The zero-order chi connectivity index (χ0) is 42.0. The van der Waals surface area contributed by atoms with Gasteiger partial charge in [-0.2, -0.15) is 21.9 Å². The Hall–Kier alpha value is -7.55. The maximum Gasteiger partial charge on any atom is 0.417 e. The van der Waals surface area contributed by atoms with Crippen molar-refractivity contribution in [2.24, 2.45) is 0 Å². The summed E-state index contributed by atoms with van der Waals surface area (Å²) in [5.41, 5.74) is 11.9. The minimum absolute atomic E-state index is 0.138. The summed E-state index contributed by atoms with van der Waals surface area (Å²) >= 11 is 1.16. The average molecular weight is 829 g/mol. The molecule has 298 valence electrons. The summed E-state index contributed by atoms with van der Waals surface area (Å²) in [5, 5.41) is 4.63. The summed E-state index contributed by atoms with van der Waals surface area (Å²) in [6.07, 6.45) is -4.49. The predicted molar refractivity (Wildman–Crippen MR) is 250 cm³/mol. The van der Waals surface area contributed by atoms with E-state index in [4.69, 9.17) is 8.75 Å². The van der Waals surface area contributed by atoms with Gasteiger partial charge in [0.2, 0.25) is 0 Å².